The van der Waals surface area contributed by atoms with E-state index in [2.05, 4.69) is 6.92 Å². The molecule has 2 amide bonds. The van der Waals surface area contributed by atoms with Crippen molar-refractivity contribution < 1.29 is 9.59 Å². The molecule has 0 aromatic heterocycles. The lowest BCUT2D eigenvalue weighted by Crippen LogP contribution is -2.49. The number of piperidine rings is 1. The van der Waals surface area contributed by atoms with E-state index in [1.807, 2.05) is 42.2 Å². The van der Waals surface area contributed by atoms with Crippen LogP contribution in [0, 0.1) is 0 Å². The minimum atomic E-state index is -0.0949. The molecule has 2 unspecified atom stereocenters. The summed E-state index contributed by atoms with van der Waals surface area (Å²) in [5.74, 6) is 0.0225. The molecule has 0 radical (unpaired) electrons. The summed E-state index contributed by atoms with van der Waals surface area (Å²) in [6, 6.07) is 10.1. The Labute approximate surface area is 139 Å². The number of rotatable bonds is 5. The molecule has 126 valence electrons. The lowest BCUT2D eigenvalue weighted by atomic mass is 9.99. The zero-order chi connectivity index (χ0) is 16.8. The number of hydrogen-bond donors (Lipinski definition) is 0. The van der Waals surface area contributed by atoms with Crippen LogP contribution in [0.25, 0.3) is 0 Å². The fourth-order valence-electron chi connectivity index (χ4n) is 3.42. The lowest BCUT2D eigenvalue weighted by molar-refractivity contribution is -0.143. The van der Waals surface area contributed by atoms with E-state index in [0.29, 0.717) is 6.04 Å². The van der Waals surface area contributed by atoms with Gasteiger partial charge in [-0.25, -0.2) is 0 Å². The van der Waals surface area contributed by atoms with Crippen LogP contribution in [0.3, 0.4) is 0 Å². The minimum Gasteiger partial charge on any atom is -0.338 e. The monoisotopic (exact) mass is 316 g/mol. The second-order valence-electron chi connectivity index (χ2n) is 6.38. The molecular weight excluding hydrogens is 288 g/mol. The van der Waals surface area contributed by atoms with Crippen LogP contribution in [0.1, 0.15) is 58.1 Å². The molecule has 1 aromatic rings. The molecule has 1 fully saturated rings. The van der Waals surface area contributed by atoms with Gasteiger partial charge in [0.25, 0.3) is 0 Å². The van der Waals surface area contributed by atoms with Gasteiger partial charge in [-0.3, -0.25) is 9.59 Å². The number of carbonyl (C=O) groups excluding carboxylic acids is 2. The van der Waals surface area contributed by atoms with Gasteiger partial charge in [-0.15, -0.1) is 0 Å². The van der Waals surface area contributed by atoms with Crippen molar-refractivity contribution in [3.63, 3.8) is 0 Å². The van der Waals surface area contributed by atoms with Crippen molar-refractivity contribution in [3.8, 4) is 0 Å². The summed E-state index contributed by atoms with van der Waals surface area (Å²) in [5, 5.41) is 0. The van der Waals surface area contributed by atoms with Crippen LogP contribution in [-0.2, 0) is 9.59 Å². The first-order valence-corrected chi connectivity index (χ1v) is 8.66. The van der Waals surface area contributed by atoms with Crippen LogP contribution in [-0.4, -0.2) is 40.7 Å². The number of amides is 2. The molecular formula is C19H28N2O2. The predicted octanol–water partition coefficient (Wildman–Crippen LogP) is 3.39. The molecule has 1 aliphatic rings. The SMILES string of the molecule is CCC1CCCCN1C(=O)CN(C(C)=O)C(C)c1ccccc1. The quantitative estimate of drug-likeness (QED) is 0.835. The van der Waals surface area contributed by atoms with Crippen molar-refractivity contribution >= 4 is 11.8 Å². The van der Waals surface area contributed by atoms with E-state index in [-0.39, 0.29) is 24.4 Å². The summed E-state index contributed by atoms with van der Waals surface area (Å²) in [6.07, 6.45) is 4.33. The van der Waals surface area contributed by atoms with Crippen LogP contribution in [0.4, 0.5) is 0 Å². The van der Waals surface area contributed by atoms with Crippen LogP contribution in [0.15, 0.2) is 30.3 Å². The Morgan fingerprint density at radius 3 is 2.57 bits per heavy atom. The molecule has 4 nitrogen and oxygen atoms in total. The Morgan fingerprint density at radius 1 is 1.26 bits per heavy atom. The number of hydrogen-bond acceptors (Lipinski definition) is 2. The number of likely N-dealkylation sites (tertiary alicyclic amines) is 1. The first kappa shape index (κ1) is 17.5. The maximum absolute atomic E-state index is 12.8. The Hall–Kier alpha value is -1.84. The number of carbonyl (C=O) groups is 2. The zero-order valence-electron chi connectivity index (χ0n) is 14.5. The van der Waals surface area contributed by atoms with E-state index in [4.69, 9.17) is 0 Å². The Morgan fingerprint density at radius 2 is 1.96 bits per heavy atom. The molecule has 0 N–H and O–H groups in total. The largest absolute Gasteiger partial charge is 0.338 e. The maximum atomic E-state index is 12.8. The van der Waals surface area contributed by atoms with Gasteiger partial charge in [0.05, 0.1) is 6.04 Å². The maximum Gasteiger partial charge on any atom is 0.242 e. The highest BCUT2D eigenvalue weighted by Crippen LogP contribution is 2.23. The second kappa shape index (κ2) is 8.14. The number of benzene rings is 1. The highest BCUT2D eigenvalue weighted by atomic mass is 16.2. The molecule has 1 saturated heterocycles. The molecule has 2 rings (SSSR count). The smallest absolute Gasteiger partial charge is 0.242 e. The van der Waals surface area contributed by atoms with Gasteiger partial charge < -0.3 is 9.80 Å². The van der Waals surface area contributed by atoms with Crippen molar-refractivity contribution in [2.45, 2.75) is 58.5 Å². The fourth-order valence-corrected chi connectivity index (χ4v) is 3.42. The molecule has 0 aliphatic carbocycles. The molecule has 2 atom stereocenters. The molecule has 4 heteroatoms. The summed E-state index contributed by atoms with van der Waals surface area (Å²) in [4.78, 5) is 28.5. The van der Waals surface area contributed by atoms with Crippen molar-refractivity contribution in [2.75, 3.05) is 13.1 Å². The summed E-state index contributed by atoms with van der Waals surface area (Å²) in [7, 11) is 0. The topological polar surface area (TPSA) is 40.6 Å². The molecule has 0 bridgehead atoms. The second-order valence-corrected chi connectivity index (χ2v) is 6.38. The van der Waals surface area contributed by atoms with E-state index in [1.54, 1.807) is 11.8 Å². The van der Waals surface area contributed by atoms with Crippen LogP contribution in [0.2, 0.25) is 0 Å². The van der Waals surface area contributed by atoms with Crippen LogP contribution in [0.5, 0.6) is 0 Å². The first-order valence-electron chi connectivity index (χ1n) is 8.66. The van der Waals surface area contributed by atoms with Crippen molar-refractivity contribution in [3.05, 3.63) is 35.9 Å². The summed E-state index contributed by atoms with van der Waals surface area (Å²) in [6.45, 7) is 6.65. The van der Waals surface area contributed by atoms with Crippen LogP contribution < -0.4 is 0 Å². The summed E-state index contributed by atoms with van der Waals surface area (Å²) < 4.78 is 0. The lowest BCUT2D eigenvalue weighted by Gasteiger charge is -2.37. The van der Waals surface area contributed by atoms with Gasteiger partial charge in [0.2, 0.25) is 11.8 Å². The van der Waals surface area contributed by atoms with E-state index in [9.17, 15) is 9.59 Å². The van der Waals surface area contributed by atoms with Gasteiger partial charge in [0.15, 0.2) is 0 Å². The fraction of sp³-hybridized carbons (Fsp3) is 0.579. The molecule has 23 heavy (non-hydrogen) atoms. The normalized spacial score (nSPS) is 19.3. The molecule has 0 saturated carbocycles. The zero-order valence-corrected chi connectivity index (χ0v) is 14.5. The Kier molecular flexibility index (Phi) is 6.20. The van der Waals surface area contributed by atoms with Crippen molar-refractivity contribution in [1.29, 1.82) is 0 Å². The molecule has 1 heterocycles. The number of nitrogens with zero attached hydrogens (tertiary/aromatic N) is 2. The van der Waals surface area contributed by atoms with Crippen LogP contribution >= 0.6 is 0 Å². The first-order chi connectivity index (χ1) is 11.0. The summed E-state index contributed by atoms with van der Waals surface area (Å²) in [5.41, 5.74) is 1.06. The average Bonchev–Trinajstić information content (AvgIpc) is 2.59. The minimum absolute atomic E-state index is 0.0558. The summed E-state index contributed by atoms with van der Waals surface area (Å²) >= 11 is 0. The van der Waals surface area contributed by atoms with Gasteiger partial charge in [0.1, 0.15) is 6.54 Å². The van der Waals surface area contributed by atoms with Gasteiger partial charge in [0, 0.05) is 19.5 Å². The Bertz CT molecular complexity index is 529. The third-order valence-electron chi connectivity index (χ3n) is 4.88. The van der Waals surface area contributed by atoms with Gasteiger partial charge in [-0.2, -0.15) is 0 Å². The average molecular weight is 316 g/mol. The van der Waals surface area contributed by atoms with Crippen molar-refractivity contribution in [2.24, 2.45) is 0 Å². The van der Waals surface area contributed by atoms with E-state index in [1.165, 1.54) is 6.42 Å². The third kappa shape index (κ3) is 4.34. The highest BCUT2D eigenvalue weighted by molar-refractivity contribution is 5.84. The van der Waals surface area contributed by atoms with Crippen molar-refractivity contribution in [1.82, 2.24) is 9.80 Å². The predicted molar refractivity (Wildman–Crippen MR) is 91.9 cm³/mol. The third-order valence-corrected chi connectivity index (χ3v) is 4.88. The molecule has 1 aliphatic heterocycles. The van der Waals surface area contributed by atoms with E-state index in [0.717, 1.165) is 31.4 Å². The van der Waals surface area contributed by atoms with Gasteiger partial charge in [-0.05, 0) is 38.2 Å². The van der Waals surface area contributed by atoms with Gasteiger partial charge in [-0.1, -0.05) is 37.3 Å². The standard InChI is InChI=1S/C19H28N2O2/c1-4-18-12-8-9-13-20(18)19(23)14-21(16(3)22)15(2)17-10-6-5-7-11-17/h5-7,10-11,15,18H,4,8-9,12-14H2,1-3H3. The van der Waals surface area contributed by atoms with Gasteiger partial charge >= 0.3 is 0 Å². The molecule has 0 spiro atoms. The Balaban J connectivity index is 2.09. The highest BCUT2D eigenvalue weighted by Gasteiger charge is 2.29. The van der Waals surface area contributed by atoms with E-state index < -0.39 is 0 Å². The van der Waals surface area contributed by atoms with E-state index >= 15 is 0 Å². The molecule has 1 aromatic carbocycles.